The molecule has 30 heavy (non-hydrogen) atoms. The van der Waals surface area contributed by atoms with Gasteiger partial charge in [0.25, 0.3) is 5.91 Å². The van der Waals surface area contributed by atoms with Crippen molar-refractivity contribution in [3.05, 3.63) is 64.1 Å². The Morgan fingerprint density at radius 3 is 2.13 bits per heavy atom. The van der Waals surface area contributed by atoms with Gasteiger partial charge in [0.15, 0.2) is 16.6 Å². The van der Waals surface area contributed by atoms with Crippen LogP contribution in [0.4, 0.5) is 37.3 Å². The molecule has 3 rings (SSSR count). The van der Waals surface area contributed by atoms with Crippen molar-refractivity contribution in [3.8, 4) is 0 Å². The first-order valence-electron chi connectivity index (χ1n) is 8.04. The first-order valence-corrected chi connectivity index (χ1v) is 8.86. The minimum Gasteiger partial charge on any atom is -0.382 e. The molecule has 0 spiro atoms. The van der Waals surface area contributed by atoms with E-state index in [1.165, 1.54) is 18.6 Å². The molecular formula is C17H11F6N5OS. The summed E-state index contributed by atoms with van der Waals surface area (Å²) in [6, 6.07) is 1.36. The number of aromatic nitrogens is 3. The van der Waals surface area contributed by atoms with E-state index in [1.807, 2.05) is 0 Å². The second kappa shape index (κ2) is 7.89. The van der Waals surface area contributed by atoms with Crippen LogP contribution in [0.3, 0.4) is 0 Å². The third-order valence-corrected chi connectivity index (χ3v) is 4.65. The normalized spacial score (nSPS) is 12.1. The van der Waals surface area contributed by atoms with E-state index in [0.29, 0.717) is 17.0 Å². The summed E-state index contributed by atoms with van der Waals surface area (Å²) in [5.74, 6) is -0.824. The smallest absolute Gasteiger partial charge is 0.382 e. The minimum absolute atomic E-state index is 0.0626. The molecule has 0 bridgehead atoms. The van der Waals surface area contributed by atoms with Gasteiger partial charge in [0, 0.05) is 29.9 Å². The Balaban J connectivity index is 1.82. The van der Waals surface area contributed by atoms with Gasteiger partial charge in [0.2, 0.25) is 0 Å². The van der Waals surface area contributed by atoms with Crippen LogP contribution in [-0.2, 0) is 18.8 Å². The van der Waals surface area contributed by atoms with Crippen LogP contribution in [0.25, 0.3) is 0 Å². The molecule has 158 valence electrons. The molecule has 3 aromatic rings. The summed E-state index contributed by atoms with van der Waals surface area (Å²) in [5, 5.41) is 2.47. The maximum absolute atomic E-state index is 13.0. The van der Waals surface area contributed by atoms with Crippen LogP contribution in [0.2, 0.25) is 0 Å². The largest absolute Gasteiger partial charge is 0.416 e. The lowest BCUT2D eigenvalue weighted by atomic mass is 10.0. The molecule has 0 aliphatic carbocycles. The van der Waals surface area contributed by atoms with Gasteiger partial charge < -0.3 is 5.73 Å². The Hall–Kier alpha value is -3.22. The number of anilines is 2. The molecule has 0 unspecified atom stereocenters. The highest BCUT2D eigenvalue weighted by atomic mass is 32.1. The van der Waals surface area contributed by atoms with E-state index in [2.05, 4.69) is 20.3 Å². The fraction of sp³-hybridized carbons (Fsp3) is 0.176. The van der Waals surface area contributed by atoms with Crippen molar-refractivity contribution >= 4 is 28.2 Å². The minimum atomic E-state index is -4.93. The molecule has 0 radical (unpaired) electrons. The number of nitrogens with zero attached hydrogens (tertiary/aromatic N) is 3. The fourth-order valence-electron chi connectivity index (χ4n) is 2.45. The van der Waals surface area contributed by atoms with Crippen LogP contribution < -0.4 is 11.1 Å². The van der Waals surface area contributed by atoms with Gasteiger partial charge in [0.1, 0.15) is 0 Å². The zero-order valence-corrected chi connectivity index (χ0v) is 15.5. The number of halogens is 6. The number of nitrogen functional groups attached to an aromatic ring is 1. The number of nitrogens with one attached hydrogen (secondary N) is 1. The molecule has 1 aromatic carbocycles. The summed E-state index contributed by atoms with van der Waals surface area (Å²) in [6.45, 7) is 0. The molecule has 6 nitrogen and oxygen atoms in total. The molecule has 3 N–H and O–H groups in total. The van der Waals surface area contributed by atoms with Gasteiger partial charge in [-0.3, -0.25) is 10.1 Å². The summed E-state index contributed by atoms with van der Waals surface area (Å²) >= 11 is 0.889. The zero-order valence-electron chi connectivity index (χ0n) is 14.7. The molecule has 1 amide bonds. The molecule has 0 fully saturated rings. The van der Waals surface area contributed by atoms with Crippen LogP contribution >= 0.6 is 11.3 Å². The van der Waals surface area contributed by atoms with Gasteiger partial charge >= 0.3 is 12.4 Å². The molecule has 2 aromatic heterocycles. The van der Waals surface area contributed by atoms with E-state index in [4.69, 9.17) is 5.73 Å². The molecule has 0 saturated heterocycles. The molecule has 0 aliphatic heterocycles. The van der Waals surface area contributed by atoms with Crippen molar-refractivity contribution in [2.24, 2.45) is 0 Å². The number of alkyl halides is 6. The number of carbonyl (C=O) groups is 1. The van der Waals surface area contributed by atoms with Gasteiger partial charge in [-0.05, 0) is 23.8 Å². The Bertz CT molecular complexity index is 1050. The van der Waals surface area contributed by atoms with E-state index in [-0.39, 0.29) is 34.7 Å². The summed E-state index contributed by atoms with van der Waals surface area (Å²) in [7, 11) is 0. The Morgan fingerprint density at radius 2 is 1.57 bits per heavy atom. The van der Waals surface area contributed by atoms with Crippen molar-refractivity contribution in [2.75, 3.05) is 11.1 Å². The van der Waals surface area contributed by atoms with Crippen molar-refractivity contribution < 1.29 is 31.1 Å². The van der Waals surface area contributed by atoms with Crippen LogP contribution in [0.5, 0.6) is 0 Å². The highest BCUT2D eigenvalue weighted by Gasteiger charge is 2.36. The third kappa shape index (κ3) is 5.03. The predicted octanol–water partition coefficient (Wildman–Crippen LogP) is 4.40. The summed E-state index contributed by atoms with van der Waals surface area (Å²) in [6.07, 6.45) is -6.32. The standard InChI is InChI=1S/C17H11F6N5OS/c18-16(19,20)9-3-8(4-10(6-9)17(21,22)23)5-11-7-27-15(30-11)28-14(29)12-13(24)26-2-1-25-12/h1-4,6-7H,5H2,(H2,24,26)(H,27,28,29). The molecule has 13 heteroatoms. The maximum Gasteiger partial charge on any atom is 0.416 e. The zero-order chi connectivity index (χ0) is 22.1. The van der Waals surface area contributed by atoms with Crippen molar-refractivity contribution in [1.29, 1.82) is 0 Å². The Labute approximate surface area is 168 Å². The quantitative estimate of drug-likeness (QED) is 0.579. The molecule has 2 heterocycles. The second-order valence-electron chi connectivity index (χ2n) is 5.97. The van der Waals surface area contributed by atoms with Crippen molar-refractivity contribution in [1.82, 2.24) is 15.0 Å². The summed E-state index contributed by atoms with van der Waals surface area (Å²) < 4.78 is 77.8. The lowest BCUT2D eigenvalue weighted by molar-refractivity contribution is -0.143. The number of rotatable bonds is 4. The molecule has 0 saturated carbocycles. The SMILES string of the molecule is Nc1nccnc1C(=O)Nc1ncc(Cc2cc(C(F)(F)F)cc(C(F)(F)F)c2)s1. The second-order valence-corrected chi connectivity index (χ2v) is 7.08. The molecule has 0 atom stereocenters. The number of benzene rings is 1. The van der Waals surface area contributed by atoms with E-state index in [9.17, 15) is 31.1 Å². The first kappa shape index (κ1) is 21.5. The van der Waals surface area contributed by atoms with Gasteiger partial charge in [0.05, 0.1) is 11.1 Å². The number of hydrogen-bond acceptors (Lipinski definition) is 6. The lowest BCUT2D eigenvalue weighted by Crippen LogP contribution is -2.16. The summed E-state index contributed by atoms with van der Waals surface area (Å²) in [5.41, 5.74) is 2.40. The van der Waals surface area contributed by atoms with E-state index >= 15 is 0 Å². The van der Waals surface area contributed by atoms with Crippen LogP contribution in [0.15, 0.2) is 36.8 Å². The Morgan fingerprint density at radius 1 is 0.967 bits per heavy atom. The van der Waals surface area contributed by atoms with Gasteiger partial charge in [-0.15, -0.1) is 11.3 Å². The highest BCUT2D eigenvalue weighted by molar-refractivity contribution is 7.15. The molecular weight excluding hydrogens is 436 g/mol. The number of hydrogen-bond donors (Lipinski definition) is 2. The average molecular weight is 447 g/mol. The Kier molecular flexibility index (Phi) is 5.65. The van der Waals surface area contributed by atoms with Crippen molar-refractivity contribution in [2.45, 2.75) is 18.8 Å². The number of amides is 1. The number of thiazole rings is 1. The van der Waals surface area contributed by atoms with Gasteiger partial charge in [-0.25, -0.2) is 15.0 Å². The fourth-order valence-corrected chi connectivity index (χ4v) is 3.29. The van der Waals surface area contributed by atoms with E-state index in [1.54, 1.807) is 0 Å². The average Bonchev–Trinajstić information content (AvgIpc) is 3.07. The topological polar surface area (TPSA) is 93.8 Å². The first-order chi connectivity index (χ1) is 13.9. The van der Waals surface area contributed by atoms with Crippen LogP contribution in [0.1, 0.15) is 32.1 Å². The van der Waals surface area contributed by atoms with Crippen molar-refractivity contribution in [3.63, 3.8) is 0 Å². The van der Waals surface area contributed by atoms with Crippen LogP contribution in [-0.4, -0.2) is 20.9 Å². The number of nitrogens with two attached hydrogens (primary N) is 1. The highest BCUT2D eigenvalue weighted by Crippen LogP contribution is 2.37. The monoisotopic (exact) mass is 447 g/mol. The van der Waals surface area contributed by atoms with Crippen LogP contribution in [0, 0.1) is 0 Å². The van der Waals surface area contributed by atoms with Gasteiger partial charge in [-0.1, -0.05) is 0 Å². The lowest BCUT2D eigenvalue weighted by Gasteiger charge is -2.13. The third-order valence-electron chi connectivity index (χ3n) is 3.74. The summed E-state index contributed by atoms with van der Waals surface area (Å²) in [4.78, 5) is 23.9. The molecule has 0 aliphatic rings. The van der Waals surface area contributed by atoms with Gasteiger partial charge in [-0.2, -0.15) is 26.3 Å². The number of carbonyl (C=O) groups excluding carboxylic acids is 1. The van der Waals surface area contributed by atoms with E-state index in [0.717, 1.165) is 11.3 Å². The van der Waals surface area contributed by atoms with E-state index < -0.39 is 29.4 Å². The maximum atomic E-state index is 13.0. The predicted molar refractivity (Wildman–Crippen MR) is 95.8 cm³/mol.